The standard InChI is InChI=1S/C28H23ClN2O2S/c29-27-24(34-23-13-7-6-12-22(23)31(32)33)16-20-26(27)25-19-11-5-4-8-17(19)14-15-21(25)30-28(20)18-9-2-1-3-10-18/h1-15,20,24,26-28,30H,16H2. The van der Waals surface area contributed by atoms with Crippen molar-refractivity contribution in [3.8, 4) is 0 Å². The Kier molecular flexibility index (Phi) is 5.47. The number of benzene rings is 4. The van der Waals surface area contributed by atoms with E-state index >= 15 is 0 Å². The molecule has 4 aromatic carbocycles. The Balaban J connectivity index is 1.46. The maximum atomic E-state index is 11.6. The van der Waals surface area contributed by atoms with E-state index in [1.165, 1.54) is 21.9 Å². The van der Waals surface area contributed by atoms with E-state index in [4.69, 9.17) is 11.6 Å². The fraction of sp³-hybridized carbons (Fsp3) is 0.214. The van der Waals surface area contributed by atoms with E-state index in [-0.39, 0.29) is 39.1 Å². The van der Waals surface area contributed by atoms with Crippen molar-refractivity contribution in [2.45, 2.75) is 33.9 Å². The summed E-state index contributed by atoms with van der Waals surface area (Å²) in [5, 5.41) is 17.8. The van der Waals surface area contributed by atoms with E-state index in [0.29, 0.717) is 4.90 Å². The lowest BCUT2D eigenvalue weighted by Crippen LogP contribution is -2.31. The summed E-state index contributed by atoms with van der Waals surface area (Å²) < 4.78 is 0. The van der Waals surface area contributed by atoms with E-state index in [1.807, 2.05) is 18.2 Å². The first-order valence-corrected chi connectivity index (χ1v) is 12.8. The molecule has 1 N–H and O–H groups in total. The lowest BCUT2D eigenvalue weighted by atomic mass is 9.75. The maximum Gasteiger partial charge on any atom is 0.282 e. The van der Waals surface area contributed by atoms with E-state index < -0.39 is 0 Å². The normalized spacial score (nSPS) is 25.4. The molecule has 5 unspecified atom stereocenters. The molecular weight excluding hydrogens is 464 g/mol. The lowest BCUT2D eigenvalue weighted by Gasteiger charge is -2.39. The molecule has 34 heavy (non-hydrogen) atoms. The highest BCUT2D eigenvalue weighted by atomic mass is 35.5. The van der Waals surface area contributed by atoms with Crippen LogP contribution in [-0.2, 0) is 0 Å². The third kappa shape index (κ3) is 3.55. The van der Waals surface area contributed by atoms with Gasteiger partial charge in [-0.2, -0.15) is 0 Å². The van der Waals surface area contributed by atoms with Crippen molar-refractivity contribution in [2.75, 3.05) is 5.32 Å². The molecule has 4 aromatic rings. The number of hydrogen-bond donors (Lipinski definition) is 1. The molecule has 1 saturated carbocycles. The van der Waals surface area contributed by atoms with Crippen LogP contribution in [0.3, 0.4) is 0 Å². The van der Waals surface area contributed by atoms with Crippen molar-refractivity contribution in [1.29, 1.82) is 0 Å². The number of rotatable bonds is 4. The minimum atomic E-state index is -0.301. The molecule has 1 aliphatic heterocycles. The smallest absolute Gasteiger partial charge is 0.282 e. The van der Waals surface area contributed by atoms with Crippen molar-refractivity contribution in [3.63, 3.8) is 0 Å². The van der Waals surface area contributed by atoms with Crippen LogP contribution in [0, 0.1) is 16.0 Å². The first-order chi connectivity index (χ1) is 16.6. The molecule has 0 saturated heterocycles. The Hall–Kier alpha value is -3.02. The van der Waals surface area contributed by atoms with Crippen LogP contribution in [0.4, 0.5) is 11.4 Å². The number of nitro groups is 1. The van der Waals surface area contributed by atoms with E-state index in [9.17, 15) is 10.1 Å². The van der Waals surface area contributed by atoms with Gasteiger partial charge in [-0.3, -0.25) is 10.1 Å². The van der Waals surface area contributed by atoms with Crippen LogP contribution >= 0.6 is 23.4 Å². The van der Waals surface area contributed by atoms with Crippen LogP contribution < -0.4 is 5.32 Å². The largest absolute Gasteiger partial charge is 0.378 e. The van der Waals surface area contributed by atoms with Gasteiger partial charge >= 0.3 is 0 Å². The molecule has 1 heterocycles. The van der Waals surface area contributed by atoms with Gasteiger partial charge in [-0.05, 0) is 46.4 Å². The summed E-state index contributed by atoms with van der Waals surface area (Å²) in [6.07, 6.45) is 0.880. The van der Waals surface area contributed by atoms with Crippen LogP contribution in [0.25, 0.3) is 10.8 Å². The Morgan fingerprint density at radius 1 is 0.912 bits per heavy atom. The molecule has 2 aliphatic rings. The molecule has 6 rings (SSSR count). The van der Waals surface area contributed by atoms with Gasteiger partial charge in [-0.25, -0.2) is 0 Å². The highest BCUT2D eigenvalue weighted by Gasteiger charge is 2.50. The van der Waals surface area contributed by atoms with Gasteiger partial charge < -0.3 is 5.32 Å². The molecule has 0 aromatic heterocycles. The van der Waals surface area contributed by atoms with Crippen LogP contribution in [0.15, 0.2) is 95.9 Å². The molecule has 0 radical (unpaired) electrons. The van der Waals surface area contributed by atoms with Gasteiger partial charge in [0.15, 0.2) is 0 Å². The SMILES string of the molecule is O=[N+]([O-])c1ccccc1SC1CC2C(c3ccccc3)Nc3ccc4ccccc4c3C2C1Cl. The second-order valence-corrected chi connectivity index (χ2v) is 10.8. The third-order valence-corrected chi connectivity index (χ3v) is 9.32. The van der Waals surface area contributed by atoms with E-state index in [2.05, 4.69) is 66.0 Å². The number of para-hydroxylation sites is 1. The van der Waals surface area contributed by atoms with Crippen molar-refractivity contribution >= 4 is 45.5 Å². The van der Waals surface area contributed by atoms with Gasteiger partial charge in [0.2, 0.25) is 0 Å². The summed E-state index contributed by atoms with van der Waals surface area (Å²) in [5.74, 6) is 0.429. The highest BCUT2D eigenvalue weighted by molar-refractivity contribution is 8.00. The molecule has 0 spiro atoms. The zero-order valence-corrected chi connectivity index (χ0v) is 19.9. The van der Waals surface area contributed by atoms with Gasteiger partial charge in [0, 0.05) is 22.9 Å². The van der Waals surface area contributed by atoms with Gasteiger partial charge in [0.05, 0.1) is 21.2 Å². The number of anilines is 1. The number of nitrogens with zero attached hydrogens (tertiary/aromatic N) is 1. The minimum Gasteiger partial charge on any atom is -0.378 e. The first-order valence-electron chi connectivity index (χ1n) is 11.5. The molecule has 5 atom stereocenters. The monoisotopic (exact) mass is 486 g/mol. The molecule has 0 amide bonds. The molecule has 1 aliphatic carbocycles. The third-order valence-electron chi connectivity index (χ3n) is 7.21. The van der Waals surface area contributed by atoms with Gasteiger partial charge in [-0.1, -0.05) is 72.8 Å². The second kappa shape index (κ2) is 8.64. The molecule has 0 bridgehead atoms. The predicted molar refractivity (Wildman–Crippen MR) is 140 cm³/mol. The lowest BCUT2D eigenvalue weighted by molar-refractivity contribution is -0.387. The van der Waals surface area contributed by atoms with E-state index in [0.717, 1.165) is 12.1 Å². The van der Waals surface area contributed by atoms with Crippen LogP contribution in [0.2, 0.25) is 0 Å². The molecule has 170 valence electrons. The topological polar surface area (TPSA) is 55.2 Å². The summed E-state index contributed by atoms with van der Waals surface area (Å²) in [4.78, 5) is 12.0. The average Bonchev–Trinajstić information content (AvgIpc) is 3.19. The van der Waals surface area contributed by atoms with Crippen LogP contribution in [-0.4, -0.2) is 15.6 Å². The Labute approximate surface area is 207 Å². The van der Waals surface area contributed by atoms with Gasteiger partial charge in [0.1, 0.15) is 0 Å². The van der Waals surface area contributed by atoms with Crippen LogP contribution in [0.1, 0.15) is 29.5 Å². The molecular formula is C28H23ClN2O2S. The van der Waals surface area contributed by atoms with Gasteiger partial charge in [0.25, 0.3) is 5.69 Å². The summed E-state index contributed by atoms with van der Waals surface area (Å²) in [7, 11) is 0. The highest BCUT2D eigenvalue weighted by Crippen LogP contribution is 2.59. The summed E-state index contributed by atoms with van der Waals surface area (Å²) in [6.45, 7) is 0. The molecule has 1 fully saturated rings. The average molecular weight is 487 g/mol. The molecule has 4 nitrogen and oxygen atoms in total. The number of halogens is 1. The number of nitrogens with one attached hydrogen (secondary N) is 1. The summed E-state index contributed by atoms with van der Waals surface area (Å²) >= 11 is 8.85. The minimum absolute atomic E-state index is 0.0655. The fourth-order valence-electron chi connectivity index (χ4n) is 5.76. The number of nitro benzene ring substituents is 1. The number of alkyl halides is 1. The number of fused-ring (bicyclic) bond motifs is 5. The zero-order chi connectivity index (χ0) is 23.2. The van der Waals surface area contributed by atoms with Crippen LogP contribution in [0.5, 0.6) is 0 Å². The zero-order valence-electron chi connectivity index (χ0n) is 18.3. The fourth-order valence-corrected chi connectivity index (χ4v) is 7.69. The molecule has 6 heteroatoms. The summed E-state index contributed by atoms with van der Waals surface area (Å²) in [6, 6.07) is 30.5. The quantitative estimate of drug-likeness (QED) is 0.182. The van der Waals surface area contributed by atoms with Crippen molar-refractivity contribution < 1.29 is 4.92 Å². The van der Waals surface area contributed by atoms with Gasteiger partial charge in [-0.15, -0.1) is 23.4 Å². The Morgan fingerprint density at radius 2 is 1.65 bits per heavy atom. The van der Waals surface area contributed by atoms with Crippen molar-refractivity contribution in [1.82, 2.24) is 0 Å². The van der Waals surface area contributed by atoms with Crippen molar-refractivity contribution in [2.24, 2.45) is 5.92 Å². The Bertz CT molecular complexity index is 1380. The number of hydrogen-bond acceptors (Lipinski definition) is 4. The van der Waals surface area contributed by atoms with E-state index in [1.54, 1.807) is 23.9 Å². The second-order valence-electron chi connectivity index (χ2n) is 9.03. The summed E-state index contributed by atoms with van der Waals surface area (Å²) in [5.41, 5.74) is 3.81. The number of thioether (sulfide) groups is 1. The Morgan fingerprint density at radius 3 is 2.47 bits per heavy atom. The maximum absolute atomic E-state index is 11.6. The predicted octanol–water partition coefficient (Wildman–Crippen LogP) is 7.79. The van der Waals surface area contributed by atoms with Crippen molar-refractivity contribution in [3.05, 3.63) is 112 Å². The first kappa shape index (κ1) is 21.5.